The molecule has 3 rings (SSSR count). The number of aliphatic hydroxyl groups is 1. The maximum atomic E-state index is 12.0. The van der Waals surface area contributed by atoms with E-state index >= 15 is 0 Å². The van der Waals surface area contributed by atoms with Crippen molar-refractivity contribution in [1.29, 1.82) is 0 Å². The fourth-order valence-corrected chi connectivity index (χ4v) is 3.28. The van der Waals surface area contributed by atoms with E-state index in [1.165, 1.54) is 12.1 Å². The molecule has 0 aliphatic heterocycles. The van der Waals surface area contributed by atoms with Gasteiger partial charge in [-0.15, -0.1) is 5.10 Å². The van der Waals surface area contributed by atoms with Gasteiger partial charge in [-0.1, -0.05) is 31.5 Å². The summed E-state index contributed by atoms with van der Waals surface area (Å²) in [6, 6.07) is 10.6. The molecule has 2 aromatic carbocycles. The summed E-state index contributed by atoms with van der Waals surface area (Å²) in [5.74, 6) is -0.0484. The van der Waals surface area contributed by atoms with E-state index in [0.29, 0.717) is 11.4 Å². The summed E-state index contributed by atoms with van der Waals surface area (Å²) in [4.78, 5) is 11.9. The number of hydrogen-bond donors (Lipinski definition) is 3. The van der Waals surface area contributed by atoms with Crippen molar-refractivity contribution in [3.63, 3.8) is 0 Å². The molecule has 0 saturated carbocycles. The molecule has 0 aliphatic rings. The van der Waals surface area contributed by atoms with Gasteiger partial charge in [-0.2, -0.15) is 13.1 Å². The van der Waals surface area contributed by atoms with Gasteiger partial charge in [0.2, 0.25) is 5.89 Å². The Morgan fingerprint density at radius 1 is 1.12 bits per heavy atom. The minimum absolute atomic E-state index is 0.0215. The quantitative estimate of drug-likeness (QED) is 0.451. The van der Waals surface area contributed by atoms with Crippen molar-refractivity contribution >= 4 is 10.1 Å². The van der Waals surface area contributed by atoms with Crippen LogP contribution in [-0.4, -0.2) is 41.0 Å². The van der Waals surface area contributed by atoms with Crippen LogP contribution < -0.4 is 16.2 Å². The fraction of sp³-hybridized carbons (Fsp3) is 0.364. The van der Waals surface area contributed by atoms with Crippen LogP contribution in [0.25, 0.3) is 5.69 Å². The number of nitrogens with zero attached hydrogens (tertiary/aromatic N) is 2. The summed E-state index contributed by atoms with van der Waals surface area (Å²) >= 11 is 0. The van der Waals surface area contributed by atoms with E-state index < -0.39 is 28.0 Å². The minimum Gasteiger partial charge on any atom is -0.497 e. The zero-order chi connectivity index (χ0) is 24.9. The predicted octanol–water partition coefficient (Wildman–Crippen LogP) is 2.40. The molecule has 0 bridgehead atoms. The number of methoxy groups -OCH3 is 1. The smallest absolute Gasteiger partial charge is 0.442 e. The lowest BCUT2D eigenvalue weighted by atomic mass is 10.00. The van der Waals surface area contributed by atoms with Gasteiger partial charge in [0, 0.05) is 6.04 Å². The first-order valence-electron chi connectivity index (χ1n) is 10.1. The number of benzene rings is 2. The van der Waals surface area contributed by atoms with Crippen molar-refractivity contribution in [3.8, 4) is 11.4 Å². The van der Waals surface area contributed by atoms with Crippen LogP contribution in [0.1, 0.15) is 37.0 Å². The molecule has 0 spiro atoms. The minimum atomic E-state index is -4.02. The summed E-state index contributed by atoms with van der Waals surface area (Å²) in [5, 5.41) is 14.2. The van der Waals surface area contributed by atoms with E-state index in [1.54, 1.807) is 37.4 Å². The topological polar surface area (TPSA) is 158 Å². The molecule has 33 heavy (non-hydrogen) atoms. The first-order chi connectivity index (χ1) is 15.3. The number of aryl methyl sites for hydroxylation is 2. The largest absolute Gasteiger partial charge is 0.497 e. The van der Waals surface area contributed by atoms with Crippen molar-refractivity contribution in [1.82, 2.24) is 9.78 Å². The lowest BCUT2D eigenvalue weighted by Crippen LogP contribution is -2.33. The number of ether oxygens (including phenoxy) is 1. The maximum absolute atomic E-state index is 12.0. The number of hydrogen-bond acceptors (Lipinski definition) is 8. The van der Waals surface area contributed by atoms with Crippen molar-refractivity contribution in [2.75, 3.05) is 7.11 Å². The Bertz CT molecular complexity index is 1230. The number of nitrogens with two attached hydrogens (primary N) is 1. The molecule has 10 nitrogen and oxygen atoms in total. The third-order valence-electron chi connectivity index (χ3n) is 4.90. The fourth-order valence-electron chi connectivity index (χ4n) is 2.80. The van der Waals surface area contributed by atoms with E-state index in [4.69, 9.17) is 19.4 Å². The van der Waals surface area contributed by atoms with Gasteiger partial charge in [0.1, 0.15) is 11.9 Å². The van der Waals surface area contributed by atoms with Crippen molar-refractivity contribution < 1.29 is 27.2 Å². The van der Waals surface area contributed by atoms with Crippen molar-refractivity contribution in [2.24, 2.45) is 11.7 Å². The molecule has 3 aromatic rings. The molecule has 1 heterocycles. The lowest BCUT2D eigenvalue weighted by Gasteiger charge is -2.18. The molecular weight excluding hydrogens is 450 g/mol. The second-order valence-corrected chi connectivity index (χ2v) is 9.25. The van der Waals surface area contributed by atoms with E-state index in [-0.39, 0.29) is 16.7 Å². The maximum Gasteiger partial charge on any atom is 0.442 e. The summed E-state index contributed by atoms with van der Waals surface area (Å²) in [7, 11) is -2.45. The van der Waals surface area contributed by atoms with Gasteiger partial charge in [0.25, 0.3) is 10.1 Å². The van der Waals surface area contributed by atoms with Gasteiger partial charge in [-0.05, 0) is 55.7 Å². The van der Waals surface area contributed by atoms with Crippen LogP contribution in [0.5, 0.6) is 5.75 Å². The van der Waals surface area contributed by atoms with Crippen LogP contribution in [-0.2, 0) is 10.1 Å². The summed E-state index contributed by atoms with van der Waals surface area (Å²) < 4.78 is 40.8. The third kappa shape index (κ3) is 6.75. The molecule has 0 fully saturated rings. The highest BCUT2D eigenvalue weighted by Gasteiger charge is 2.26. The van der Waals surface area contributed by atoms with E-state index in [2.05, 4.69) is 5.10 Å². The molecule has 180 valence electrons. The molecule has 0 radical (unpaired) electrons. The summed E-state index contributed by atoms with van der Waals surface area (Å²) in [6.45, 7) is 7.41. The second kappa shape index (κ2) is 10.8. The second-order valence-electron chi connectivity index (χ2n) is 7.82. The zero-order valence-electron chi connectivity index (χ0n) is 19.1. The van der Waals surface area contributed by atoms with Crippen LogP contribution in [0.2, 0.25) is 0 Å². The number of aromatic nitrogens is 2. The predicted molar refractivity (Wildman–Crippen MR) is 122 cm³/mol. The SMILES string of the molecule is COc1ccc(-n2nc([C@H](O)[C@@H](N)C(C)C)oc2=O)c(C)c1.Cc1ccc(S(=O)(=O)O)cc1. The van der Waals surface area contributed by atoms with Gasteiger partial charge < -0.3 is 20.0 Å². The Hall–Kier alpha value is -2.99. The molecule has 0 amide bonds. The normalized spacial score (nSPS) is 13.2. The Kier molecular flexibility index (Phi) is 8.56. The van der Waals surface area contributed by atoms with Gasteiger partial charge in [0.05, 0.1) is 17.7 Å². The lowest BCUT2D eigenvalue weighted by molar-refractivity contribution is 0.0959. The third-order valence-corrected chi connectivity index (χ3v) is 5.77. The van der Waals surface area contributed by atoms with Crippen molar-refractivity contribution in [2.45, 2.75) is 44.7 Å². The average Bonchev–Trinajstić information content (AvgIpc) is 3.13. The molecular formula is C22H29N3O7S. The van der Waals surface area contributed by atoms with Gasteiger partial charge >= 0.3 is 5.76 Å². The van der Waals surface area contributed by atoms with Crippen LogP contribution in [0.15, 0.2) is 56.6 Å². The zero-order valence-corrected chi connectivity index (χ0v) is 19.9. The first-order valence-corrected chi connectivity index (χ1v) is 11.5. The first kappa shape index (κ1) is 26.3. The average molecular weight is 480 g/mol. The Morgan fingerprint density at radius 2 is 1.73 bits per heavy atom. The summed E-state index contributed by atoms with van der Waals surface area (Å²) in [6.07, 6.45) is -1.13. The van der Waals surface area contributed by atoms with Gasteiger partial charge in [0.15, 0.2) is 0 Å². The van der Waals surface area contributed by atoms with E-state index in [1.807, 2.05) is 27.7 Å². The highest BCUT2D eigenvalue weighted by Crippen LogP contribution is 2.21. The van der Waals surface area contributed by atoms with Crippen LogP contribution in [0.4, 0.5) is 0 Å². The van der Waals surface area contributed by atoms with Gasteiger partial charge in [-0.3, -0.25) is 4.55 Å². The molecule has 4 N–H and O–H groups in total. The van der Waals surface area contributed by atoms with E-state index in [9.17, 15) is 18.3 Å². The molecule has 11 heteroatoms. The van der Waals surface area contributed by atoms with Crippen molar-refractivity contribution in [3.05, 3.63) is 70.0 Å². The number of aliphatic hydroxyl groups excluding tert-OH is 1. The molecule has 1 aromatic heterocycles. The Morgan fingerprint density at radius 3 is 2.21 bits per heavy atom. The molecule has 0 saturated heterocycles. The Labute approximate surface area is 192 Å². The van der Waals surface area contributed by atoms with Crippen LogP contribution >= 0.6 is 0 Å². The van der Waals surface area contributed by atoms with Gasteiger partial charge in [-0.25, -0.2) is 4.79 Å². The molecule has 0 aliphatic carbocycles. The number of rotatable bonds is 6. The molecule has 2 atom stereocenters. The highest BCUT2D eigenvalue weighted by atomic mass is 32.2. The monoisotopic (exact) mass is 479 g/mol. The van der Waals surface area contributed by atoms with Crippen LogP contribution in [0.3, 0.4) is 0 Å². The Balaban J connectivity index is 0.000000294. The summed E-state index contributed by atoms with van der Waals surface area (Å²) in [5.41, 5.74) is 8.19. The van der Waals surface area contributed by atoms with Crippen LogP contribution in [0, 0.1) is 19.8 Å². The van der Waals surface area contributed by atoms with E-state index in [0.717, 1.165) is 15.8 Å². The standard InChI is InChI=1S/C15H21N3O4.C7H8O3S/c1-8(2)12(16)13(19)14-17-18(15(20)22-14)11-6-5-10(21-4)7-9(11)3;1-6-2-4-7(5-3-6)11(8,9)10/h5-8,12-13,19H,16H2,1-4H3;2-5H,1H3,(H,8,9,10)/t12-,13+;/m0./s1. The molecule has 0 unspecified atom stereocenters. The highest BCUT2D eigenvalue weighted by molar-refractivity contribution is 7.85.